The Balaban J connectivity index is 1.97. The van der Waals surface area contributed by atoms with Crippen LogP contribution in [0.15, 0.2) is 59.5 Å². The summed E-state index contributed by atoms with van der Waals surface area (Å²) in [5, 5.41) is 5.25. The first-order chi connectivity index (χ1) is 15.5. The lowest BCUT2D eigenvalue weighted by atomic mass is 9.88. The maximum absolute atomic E-state index is 12.5. The Bertz CT molecular complexity index is 1450. The molecule has 0 fully saturated rings. The lowest BCUT2D eigenvalue weighted by Gasteiger charge is -2.31. The third-order valence-corrected chi connectivity index (χ3v) is 7.25. The average Bonchev–Trinajstić information content (AvgIpc) is 2.75. The fourth-order valence-corrected chi connectivity index (χ4v) is 5.57. The van der Waals surface area contributed by atoms with Crippen molar-refractivity contribution in [1.29, 1.82) is 0 Å². The molecule has 2 N–H and O–H groups in total. The quantitative estimate of drug-likeness (QED) is 0.565. The molecule has 3 aromatic rings. The molecule has 0 radical (unpaired) electrons. The largest absolute Gasteiger partial charge is 0.493 e. The van der Waals surface area contributed by atoms with Crippen molar-refractivity contribution in [1.82, 2.24) is 0 Å². The van der Waals surface area contributed by atoms with Gasteiger partial charge in [-0.15, -0.1) is 0 Å². The van der Waals surface area contributed by atoms with E-state index in [0.29, 0.717) is 39.5 Å². The Labute approximate surface area is 192 Å². The number of hydrogen-bond donors (Lipinski definition) is 1. The van der Waals surface area contributed by atoms with Crippen LogP contribution in [0.3, 0.4) is 0 Å². The van der Waals surface area contributed by atoms with Crippen LogP contribution in [0.1, 0.15) is 22.8 Å². The number of benzene rings is 3. The highest BCUT2D eigenvalue weighted by Crippen LogP contribution is 2.48. The van der Waals surface area contributed by atoms with Crippen molar-refractivity contribution < 1.29 is 31.0 Å². The fraction of sp³-hybridized carbons (Fsp3) is 0.217. The number of hydrogen-bond acceptors (Lipinski definition) is 7. The van der Waals surface area contributed by atoms with Gasteiger partial charge in [-0.05, 0) is 35.4 Å². The van der Waals surface area contributed by atoms with E-state index in [2.05, 4.69) is 0 Å². The number of ether oxygens (including phenoxy) is 3. The molecule has 8 nitrogen and oxygen atoms in total. The summed E-state index contributed by atoms with van der Waals surface area (Å²) in [6.07, 6.45) is 0.487. The van der Waals surface area contributed by atoms with Gasteiger partial charge < -0.3 is 14.2 Å². The SMILES string of the molecule is COc1ccc(C2Oc3cccc(S(C)(=O)=O)c3-c3ccc(CS(N)(=O)=O)cc32)cc1OC. The van der Waals surface area contributed by atoms with Gasteiger partial charge in [-0.3, -0.25) is 0 Å². The molecular formula is C23H23NO7S2. The van der Waals surface area contributed by atoms with E-state index in [0.717, 1.165) is 11.8 Å². The number of rotatable bonds is 6. The Hall–Kier alpha value is -3.08. The minimum absolute atomic E-state index is 0.131. The molecule has 3 aromatic carbocycles. The summed E-state index contributed by atoms with van der Waals surface area (Å²) < 4.78 is 65.4. The Morgan fingerprint density at radius 2 is 1.67 bits per heavy atom. The number of fused-ring (bicyclic) bond motifs is 3. The molecule has 1 heterocycles. The number of sulfonamides is 1. The van der Waals surface area contributed by atoms with E-state index in [4.69, 9.17) is 19.3 Å². The van der Waals surface area contributed by atoms with Crippen LogP contribution in [0.2, 0.25) is 0 Å². The zero-order valence-corrected chi connectivity index (χ0v) is 19.9. The van der Waals surface area contributed by atoms with Crippen LogP contribution in [0, 0.1) is 0 Å². The van der Waals surface area contributed by atoms with Gasteiger partial charge in [0.15, 0.2) is 21.3 Å². The number of primary sulfonamides is 1. The summed E-state index contributed by atoms with van der Waals surface area (Å²) in [7, 11) is -4.27. The van der Waals surface area contributed by atoms with Gasteiger partial charge in [0.05, 0.1) is 24.9 Å². The molecule has 0 bridgehead atoms. The first-order valence-corrected chi connectivity index (χ1v) is 13.5. The van der Waals surface area contributed by atoms with E-state index < -0.39 is 26.0 Å². The van der Waals surface area contributed by atoms with Crippen LogP contribution in [0.25, 0.3) is 11.1 Å². The molecule has 1 atom stereocenters. The number of methoxy groups -OCH3 is 2. The summed E-state index contributed by atoms with van der Waals surface area (Å²) in [5.74, 6) is 1.08. The van der Waals surface area contributed by atoms with Gasteiger partial charge in [0.1, 0.15) is 11.9 Å². The summed E-state index contributed by atoms with van der Waals surface area (Å²) in [4.78, 5) is 0.131. The minimum atomic E-state index is -3.77. The molecule has 33 heavy (non-hydrogen) atoms. The molecule has 0 aromatic heterocycles. The molecule has 1 aliphatic heterocycles. The van der Waals surface area contributed by atoms with Crippen LogP contribution in [-0.2, 0) is 25.6 Å². The summed E-state index contributed by atoms with van der Waals surface area (Å²) in [6.45, 7) is 0. The van der Waals surface area contributed by atoms with Crippen molar-refractivity contribution in [3.05, 3.63) is 71.3 Å². The molecule has 0 saturated heterocycles. The maximum Gasteiger partial charge on any atom is 0.213 e. The van der Waals surface area contributed by atoms with Gasteiger partial charge in [0.2, 0.25) is 10.0 Å². The van der Waals surface area contributed by atoms with Crippen LogP contribution in [-0.4, -0.2) is 37.3 Å². The highest BCUT2D eigenvalue weighted by atomic mass is 32.2. The maximum atomic E-state index is 12.5. The van der Waals surface area contributed by atoms with E-state index in [9.17, 15) is 16.8 Å². The third-order valence-electron chi connectivity index (χ3n) is 5.38. The van der Waals surface area contributed by atoms with Gasteiger partial charge in [-0.1, -0.05) is 30.3 Å². The molecular weight excluding hydrogens is 466 g/mol. The van der Waals surface area contributed by atoms with E-state index >= 15 is 0 Å². The molecule has 0 spiro atoms. The van der Waals surface area contributed by atoms with Crippen molar-refractivity contribution in [2.75, 3.05) is 20.5 Å². The van der Waals surface area contributed by atoms with E-state index in [1.807, 2.05) is 6.07 Å². The Morgan fingerprint density at radius 1 is 0.939 bits per heavy atom. The monoisotopic (exact) mass is 489 g/mol. The van der Waals surface area contributed by atoms with Gasteiger partial charge in [-0.25, -0.2) is 22.0 Å². The van der Waals surface area contributed by atoms with Gasteiger partial charge in [0.25, 0.3) is 0 Å². The number of nitrogens with two attached hydrogens (primary N) is 1. The van der Waals surface area contributed by atoms with Gasteiger partial charge in [0, 0.05) is 22.9 Å². The standard InChI is InChI=1S/C23H23NO7S2/c1-29-18-10-8-15(12-20(18)30-2)23-17-11-14(13-33(24,27)28)7-9-16(17)22-19(31-23)5-4-6-21(22)32(3,25)26/h4-12,23H,13H2,1-3H3,(H2,24,27,28). The Morgan fingerprint density at radius 3 is 2.30 bits per heavy atom. The molecule has 0 saturated carbocycles. The lowest BCUT2D eigenvalue weighted by molar-refractivity contribution is 0.241. The summed E-state index contributed by atoms with van der Waals surface area (Å²) >= 11 is 0. The van der Waals surface area contributed by atoms with E-state index in [-0.39, 0.29) is 10.6 Å². The zero-order valence-electron chi connectivity index (χ0n) is 18.2. The molecule has 1 unspecified atom stereocenters. The predicted octanol–water partition coefficient (Wildman–Crippen LogP) is 3.04. The highest BCUT2D eigenvalue weighted by molar-refractivity contribution is 7.90. The predicted molar refractivity (Wildman–Crippen MR) is 124 cm³/mol. The second-order valence-corrected chi connectivity index (χ2v) is 11.3. The third kappa shape index (κ3) is 4.54. The van der Waals surface area contributed by atoms with Crippen molar-refractivity contribution in [3.8, 4) is 28.4 Å². The number of sulfone groups is 1. The van der Waals surface area contributed by atoms with Crippen LogP contribution in [0.4, 0.5) is 0 Å². The van der Waals surface area contributed by atoms with Crippen LogP contribution in [0.5, 0.6) is 17.2 Å². The van der Waals surface area contributed by atoms with E-state index in [1.54, 1.807) is 42.5 Å². The zero-order chi connectivity index (χ0) is 24.0. The van der Waals surface area contributed by atoms with Crippen molar-refractivity contribution in [2.45, 2.75) is 16.8 Å². The normalized spacial score (nSPS) is 15.2. The highest BCUT2D eigenvalue weighted by Gasteiger charge is 2.32. The van der Waals surface area contributed by atoms with Crippen LogP contribution >= 0.6 is 0 Å². The Kier molecular flexibility index (Phi) is 5.85. The van der Waals surface area contributed by atoms with Crippen LogP contribution < -0.4 is 19.3 Å². The second kappa shape index (κ2) is 8.36. The first kappa shape index (κ1) is 23.1. The van der Waals surface area contributed by atoms with Crippen molar-refractivity contribution >= 4 is 19.9 Å². The molecule has 4 rings (SSSR count). The molecule has 10 heteroatoms. The van der Waals surface area contributed by atoms with Crippen molar-refractivity contribution in [3.63, 3.8) is 0 Å². The second-order valence-electron chi connectivity index (χ2n) is 7.74. The molecule has 0 amide bonds. The van der Waals surface area contributed by atoms with Gasteiger partial charge in [-0.2, -0.15) is 0 Å². The average molecular weight is 490 g/mol. The van der Waals surface area contributed by atoms with E-state index in [1.165, 1.54) is 20.3 Å². The lowest BCUT2D eigenvalue weighted by Crippen LogP contribution is -2.19. The smallest absolute Gasteiger partial charge is 0.213 e. The molecule has 1 aliphatic rings. The molecule has 174 valence electrons. The first-order valence-electron chi connectivity index (χ1n) is 9.87. The topological polar surface area (TPSA) is 122 Å². The summed E-state index contributed by atoms with van der Waals surface area (Å²) in [5.41, 5.74) is 2.87. The van der Waals surface area contributed by atoms with Gasteiger partial charge >= 0.3 is 0 Å². The molecule has 0 aliphatic carbocycles. The summed E-state index contributed by atoms with van der Waals surface area (Å²) in [6, 6.07) is 15.2. The van der Waals surface area contributed by atoms with Crippen molar-refractivity contribution in [2.24, 2.45) is 5.14 Å². The fourth-order valence-electron chi connectivity index (χ4n) is 4.02. The minimum Gasteiger partial charge on any atom is -0.493 e.